The van der Waals surface area contributed by atoms with Crippen LogP contribution in [0.3, 0.4) is 0 Å². The van der Waals surface area contributed by atoms with Crippen LogP contribution in [0.25, 0.3) is 0 Å². The fourth-order valence-electron chi connectivity index (χ4n) is 5.44. The van der Waals surface area contributed by atoms with Crippen LogP contribution in [0, 0.1) is 17.3 Å². The Morgan fingerprint density at radius 2 is 1.91 bits per heavy atom. The van der Waals surface area contributed by atoms with Gasteiger partial charge in [-0.25, -0.2) is 8.42 Å². The minimum absolute atomic E-state index is 0.150. The molecule has 1 saturated carbocycles. The molecule has 4 aliphatic rings. The van der Waals surface area contributed by atoms with Gasteiger partial charge in [-0.05, 0) is 53.9 Å². The first kappa shape index (κ1) is 25.6. The molecular formula is C24H33F3N2O4S. The Morgan fingerprint density at radius 3 is 2.53 bits per heavy atom. The molecule has 34 heavy (non-hydrogen) atoms. The molecule has 1 saturated heterocycles. The summed E-state index contributed by atoms with van der Waals surface area (Å²) in [5, 5.41) is 10.4. The van der Waals surface area contributed by atoms with Crippen molar-refractivity contribution in [1.29, 1.82) is 0 Å². The summed E-state index contributed by atoms with van der Waals surface area (Å²) >= 11 is 0. The Balaban J connectivity index is 1.23. The minimum Gasteiger partial charge on any atom is -0.389 e. The Bertz CT molecular complexity index is 1020. The summed E-state index contributed by atoms with van der Waals surface area (Å²) in [6.07, 6.45) is -0.706. The second-order valence-corrected chi connectivity index (χ2v) is 12.2. The number of piperazine rings is 1. The number of aliphatic hydroxyl groups excluding tert-OH is 1. The molecule has 3 atom stereocenters. The number of sulfonamides is 1. The van der Waals surface area contributed by atoms with Gasteiger partial charge in [0.15, 0.2) is 0 Å². The first-order valence-corrected chi connectivity index (χ1v) is 13.2. The molecule has 190 valence electrons. The molecule has 0 spiro atoms. The molecule has 0 aromatic heterocycles. The van der Waals surface area contributed by atoms with Gasteiger partial charge in [0.25, 0.3) is 0 Å². The van der Waals surface area contributed by atoms with Crippen molar-refractivity contribution in [2.24, 2.45) is 17.3 Å². The number of hydrogen-bond donors (Lipinski definition) is 1. The van der Waals surface area contributed by atoms with E-state index in [9.17, 15) is 26.7 Å². The molecule has 5 rings (SSSR count). The summed E-state index contributed by atoms with van der Waals surface area (Å²) in [5.74, 6) is 1.33. The van der Waals surface area contributed by atoms with Crippen molar-refractivity contribution in [2.75, 3.05) is 45.9 Å². The van der Waals surface area contributed by atoms with Crippen LogP contribution in [0.2, 0.25) is 0 Å². The van der Waals surface area contributed by atoms with Gasteiger partial charge in [0.1, 0.15) is 0 Å². The van der Waals surface area contributed by atoms with E-state index in [4.69, 9.17) is 4.74 Å². The van der Waals surface area contributed by atoms with Crippen LogP contribution in [-0.2, 0) is 20.9 Å². The maximum Gasteiger partial charge on any atom is 0.416 e. The van der Waals surface area contributed by atoms with E-state index in [1.165, 1.54) is 22.4 Å². The lowest BCUT2D eigenvalue weighted by Crippen LogP contribution is -2.50. The van der Waals surface area contributed by atoms with Crippen molar-refractivity contribution < 1.29 is 31.4 Å². The number of benzene rings is 1. The van der Waals surface area contributed by atoms with E-state index >= 15 is 0 Å². The van der Waals surface area contributed by atoms with Crippen LogP contribution < -0.4 is 0 Å². The summed E-state index contributed by atoms with van der Waals surface area (Å²) in [5.41, 5.74) is 0.674. The number of aliphatic hydroxyl groups is 1. The van der Waals surface area contributed by atoms with E-state index in [-0.39, 0.29) is 24.6 Å². The second-order valence-electron chi connectivity index (χ2n) is 10.2. The third-order valence-corrected chi connectivity index (χ3v) is 9.66. The third kappa shape index (κ3) is 5.21. The highest BCUT2D eigenvalue weighted by Gasteiger charge is 2.51. The third-order valence-electron chi connectivity index (χ3n) is 7.76. The van der Waals surface area contributed by atoms with Crippen LogP contribution in [-0.4, -0.2) is 74.8 Å². The highest BCUT2D eigenvalue weighted by molar-refractivity contribution is 7.89. The molecule has 1 aliphatic heterocycles. The van der Waals surface area contributed by atoms with E-state index in [2.05, 4.69) is 19.9 Å². The van der Waals surface area contributed by atoms with Crippen molar-refractivity contribution >= 4 is 10.0 Å². The first-order valence-electron chi connectivity index (χ1n) is 11.7. The average molecular weight is 503 g/mol. The van der Waals surface area contributed by atoms with Crippen molar-refractivity contribution in [1.82, 2.24) is 9.21 Å². The zero-order valence-corrected chi connectivity index (χ0v) is 20.4. The lowest BCUT2D eigenvalue weighted by atomic mass is 9.49. The number of nitrogens with zero attached hydrogens (tertiary/aromatic N) is 2. The van der Waals surface area contributed by atoms with Crippen molar-refractivity contribution in [3.8, 4) is 0 Å². The van der Waals surface area contributed by atoms with Gasteiger partial charge in [-0.1, -0.05) is 26.0 Å². The molecule has 1 aromatic carbocycles. The Morgan fingerprint density at radius 1 is 1.21 bits per heavy atom. The monoisotopic (exact) mass is 502 g/mol. The van der Waals surface area contributed by atoms with Gasteiger partial charge >= 0.3 is 6.18 Å². The van der Waals surface area contributed by atoms with Crippen LogP contribution >= 0.6 is 0 Å². The molecule has 2 bridgehead atoms. The van der Waals surface area contributed by atoms with Crippen molar-refractivity contribution in [3.05, 3.63) is 41.5 Å². The molecular weight excluding hydrogens is 469 g/mol. The van der Waals surface area contributed by atoms with E-state index in [1.807, 2.05) is 4.90 Å². The molecule has 10 heteroatoms. The SMILES string of the molecule is CC1(C)[C@@H]2CC=C(COC[C@@H](O)CN3CCN(S(=O)(=O)c4cccc(C(F)(F)F)c4)CC3)[C@H]1C2. The van der Waals surface area contributed by atoms with Gasteiger partial charge in [-0.15, -0.1) is 0 Å². The van der Waals surface area contributed by atoms with Gasteiger partial charge in [-0.3, -0.25) is 4.90 Å². The smallest absolute Gasteiger partial charge is 0.389 e. The first-order chi connectivity index (χ1) is 15.9. The molecule has 1 N–H and O–H groups in total. The lowest BCUT2D eigenvalue weighted by Gasteiger charge is -2.56. The molecule has 0 amide bonds. The standard InChI is InChI=1S/C24H33F3N2O4S/c1-23(2)18-7-6-17(22(23)13-18)15-33-16-20(30)14-28-8-10-29(11-9-28)34(31,32)21-5-3-4-19(12-21)24(25,26)27/h3-6,12,18,20,22,30H,7-11,13-16H2,1-2H3/t18-,20+,22-/m1/s1. The molecule has 6 nitrogen and oxygen atoms in total. The normalized spacial score (nSPS) is 26.6. The Kier molecular flexibility index (Phi) is 7.19. The number of rotatable bonds is 8. The molecule has 0 unspecified atom stereocenters. The quantitative estimate of drug-likeness (QED) is 0.552. The number of allylic oxidation sites excluding steroid dienone is 1. The summed E-state index contributed by atoms with van der Waals surface area (Å²) in [6, 6.07) is 3.82. The number of hydrogen-bond acceptors (Lipinski definition) is 5. The van der Waals surface area contributed by atoms with Crippen LogP contribution in [0.4, 0.5) is 13.2 Å². The van der Waals surface area contributed by atoms with Gasteiger partial charge in [0.05, 0.1) is 29.8 Å². The summed E-state index contributed by atoms with van der Waals surface area (Å²) < 4.78 is 71.6. The van der Waals surface area contributed by atoms with Gasteiger partial charge in [-0.2, -0.15) is 17.5 Å². The molecule has 1 heterocycles. The summed E-state index contributed by atoms with van der Waals surface area (Å²) in [4.78, 5) is 1.59. The fraction of sp³-hybridized carbons (Fsp3) is 0.667. The Hall–Kier alpha value is -1.46. The van der Waals surface area contributed by atoms with E-state index in [0.717, 1.165) is 24.5 Å². The van der Waals surface area contributed by atoms with E-state index in [1.54, 1.807) is 0 Å². The lowest BCUT2D eigenvalue weighted by molar-refractivity contribution is -0.137. The fourth-order valence-corrected chi connectivity index (χ4v) is 6.91. The van der Waals surface area contributed by atoms with Crippen LogP contribution in [0.1, 0.15) is 32.3 Å². The van der Waals surface area contributed by atoms with Gasteiger partial charge < -0.3 is 9.84 Å². The van der Waals surface area contributed by atoms with Crippen LogP contribution in [0.5, 0.6) is 0 Å². The maximum atomic E-state index is 13.0. The molecule has 0 radical (unpaired) electrons. The minimum atomic E-state index is -4.60. The number of β-amino-alcohol motifs (C(OH)–C–C–N with tert-alkyl or cyclic N) is 1. The van der Waals surface area contributed by atoms with Crippen molar-refractivity contribution in [2.45, 2.75) is 43.9 Å². The number of ether oxygens (including phenoxy) is 1. The van der Waals surface area contributed by atoms with E-state index < -0.39 is 27.9 Å². The highest BCUT2D eigenvalue weighted by atomic mass is 32.2. The topological polar surface area (TPSA) is 70.1 Å². The maximum absolute atomic E-state index is 13.0. The van der Waals surface area contributed by atoms with Gasteiger partial charge in [0.2, 0.25) is 10.0 Å². The van der Waals surface area contributed by atoms with Gasteiger partial charge in [0, 0.05) is 32.7 Å². The zero-order valence-electron chi connectivity index (χ0n) is 19.6. The zero-order chi connectivity index (χ0) is 24.7. The summed E-state index contributed by atoms with van der Waals surface area (Å²) in [6.45, 7) is 6.77. The second kappa shape index (κ2) is 9.54. The number of alkyl halides is 3. The van der Waals surface area contributed by atoms with Crippen LogP contribution in [0.15, 0.2) is 40.8 Å². The summed E-state index contributed by atoms with van der Waals surface area (Å²) in [7, 11) is -4.02. The highest BCUT2D eigenvalue weighted by Crippen LogP contribution is 2.59. The molecule has 3 aliphatic carbocycles. The predicted molar refractivity (Wildman–Crippen MR) is 122 cm³/mol. The average Bonchev–Trinajstić information content (AvgIpc) is 2.79. The predicted octanol–water partition coefficient (Wildman–Crippen LogP) is 3.38. The number of fused-ring (bicyclic) bond motifs is 1. The molecule has 2 fully saturated rings. The van der Waals surface area contributed by atoms with Crippen molar-refractivity contribution in [3.63, 3.8) is 0 Å². The molecule has 1 aromatic rings. The largest absolute Gasteiger partial charge is 0.416 e. The number of halogens is 3. The van der Waals surface area contributed by atoms with E-state index in [0.29, 0.717) is 43.6 Å². The Labute approximate surface area is 199 Å².